The van der Waals surface area contributed by atoms with Crippen LogP contribution in [0.5, 0.6) is 0 Å². The third-order valence-electron chi connectivity index (χ3n) is 1.68. The van der Waals surface area contributed by atoms with Crippen LogP contribution < -0.4 is 0 Å². The summed E-state index contributed by atoms with van der Waals surface area (Å²) in [4.78, 5) is 10.1. The maximum atomic E-state index is 12.5. The van der Waals surface area contributed by atoms with E-state index in [4.69, 9.17) is 11.6 Å². The van der Waals surface area contributed by atoms with Crippen molar-refractivity contribution in [1.29, 1.82) is 0 Å². The average molecular weight is 275 g/mol. The minimum absolute atomic E-state index is 0.689. The Morgan fingerprint density at radius 2 is 1.44 bits per heavy atom. The highest BCUT2D eigenvalue weighted by atomic mass is 35.5. The van der Waals surface area contributed by atoms with Crippen LogP contribution in [0.15, 0.2) is 0 Å². The molecule has 0 unspecified atom stereocenters. The Bertz CT molecular complexity index is 260. The first-order chi connectivity index (χ1) is 6.92. The molecule has 0 radical (unpaired) electrons. The van der Waals surface area contributed by atoms with Gasteiger partial charge in [0.15, 0.2) is 0 Å². The molecular formula is C7H6ClF7O. The van der Waals surface area contributed by atoms with Gasteiger partial charge in [-0.1, -0.05) is 0 Å². The Morgan fingerprint density at radius 3 is 1.75 bits per heavy atom. The molecule has 0 saturated carbocycles. The lowest BCUT2D eigenvalue weighted by Crippen LogP contribution is -2.51. The van der Waals surface area contributed by atoms with E-state index in [0.29, 0.717) is 0 Å². The van der Waals surface area contributed by atoms with E-state index in [1.54, 1.807) is 0 Å². The van der Waals surface area contributed by atoms with Gasteiger partial charge in [0.05, 0.1) is 0 Å². The normalized spacial score (nSPS) is 14.0. The average Bonchev–Trinajstić information content (AvgIpc) is 2.00. The van der Waals surface area contributed by atoms with Crippen molar-refractivity contribution in [3.8, 4) is 0 Å². The lowest BCUT2D eigenvalue weighted by molar-refractivity contribution is -0.355. The fraction of sp³-hybridized carbons (Fsp3) is 0.857. The van der Waals surface area contributed by atoms with Crippen LogP contribution in [0.3, 0.4) is 0 Å². The van der Waals surface area contributed by atoms with E-state index in [2.05, 4.69) is 0 Å². The summed E-state index contributed by atoms with van der Waals surface area (Å²) in [6.07, 6.45) is -9.63. The van der Waals surface area contributed by atoms with E-state index in [1.807, 2.05) is 0 Å². The molecule has 0 aliphatic heterocycles. The number of hydrogen-bond acceptors (Lipinski definition) is 1. The highest BCUT2D eigenvalue weighted by molar-refractivity contribution is 6.63. The number of rotatable bonds is 5. The van der Waals surface area contributed by atoms with Crippen LogP contribution in [-0.4, -0.2) is 23.3 Å². The molecule has 9 heteroatoms. The summed E-state index contributed by atoms with van der Waals surface area (Å²) in [6.45, 7) is 0. The van der Waals surface area contributed by atoms with E-state index in [0.717, 1.165) is 0 Å². The van der Waals surface area contributed by atoms with Gasteiger partial charge in [-0.3, -0.25) is 4.79 Å². The van der Waals surface area contributed by atoms with Gasteiger partial charge in [0.25, 0.3) is 0 Å². The van der Waals surface area contributed by atoms with Crippen molar-refractivity contribution in [3.63, 3.8) is 0 Å². The molecule has 0 spiro atoms. The molecule has 0 bridgehead atoms. The van der Waals surface area contributed by atoms with Crippen LogP contribution in [0.4, 0.5) is 30.7 Å². The molecule has 0 aliphatic carbocycles. The number of hydrogen-bond donors (Lipinski definition) is 0. The maximum Gasteiger partial charge on any atom is 0.459 e. The SMILES string of the molecule is O=C(Cl)CCCC(F)(F)C(F)(F)C(F)(F)F. The molecule has 0 aromatic carbocycles. The molecule has 0 amide bonds. The fourth-order valence-corrected chi connectivity index (χ4v) is 0.947. The molecule has 0 heterocycles. The van der Waals surface area contributed by atoms with Gasteiger partial charge < -0.3 is 0 Å². The van der Waals surface area contributed by atoms with Gasteiger partial charge in [0.1, 0.15) is 0 Å². The van der Waals surface area contributed by atoms with Crippen molar-refractivity contribution in [2.24, 2.45) is 0 Å². The number of alkyl halides is 7. The van der Waals surface area contributed by atoms with Crippen molar-refractivity contribution in [3.05, 3.63) is 0 Å². The van der Waals surface area contributed by atoms with Gasteiger partial charge in [0.2, 0.25) is 5.24 Å². The first-order valence-corrected chi connectivity index (χ1v) is 4.30. The Kier molecular flexibility index (Phi) is 4.61. The number of halogens is 8. The Balaban J connectivity index is 4.59. The van der Waals surface area contributed by atoms with Crippen molar-refractivity contribution in [1.82, 2.24) is 0 Å². The van der Waals surface area contributed by atoms with Crippen LogP contribution >= 0.6 is 11.6 Å². The van der Waals surface area contributed by atoms with Crippen molar-refractivity contribution < 1.29 is 35.5 Å². The number of carbonyl (C=O) groups excluding carboxylic acids is 1. The summed E-state index contributed by atoms with van der Waals surface area (Å²) in [5.74, 6) is -11.4. The third-order valence-corrected chi connectivity index (χ3v) is 1.87. The number of carbonyl (C=O) groups is 1. The first kappa shape index (κ1) is 15.5. The summed E-state index contributed by atoms with van der Waals surface area (Å²) in [5, 5.41) is -1.08. The van der Waals surface area contributed by atoms with E-state index >= 15 is 0 Å². The van der Waals surface area contributed by atoms with Gasteiger partial charge in [-0.05, 0) is 18.0 Å². The Hall–Kier alpha value is -0.530. The third kappa shape index (κ3) is 3.50. The zero-order valence-corrected chi connectivity index (χ0v) is 8.31. The molecule has 1 nitrogen and oxygen atoms in total. The van der Waals surface area contributed by atoms with Crippen molar-refractivity contribution in [2.45, 2.75) is 37.3 Å². The molecule has 0 aromatic heterocycles. The molecule has 0 aliphatic rings. The molecular weight excluding hydrogens is 269 g/mol. The summed E-state index contributed by atoms with van der Waals surface area (Å²) in [5.41, 5.74) is 0. The molecule has 0 saturated heterocycles. The molecule has 16 heavy (non-hydrogen) atoms. The molecule has 0 atom stereocenters. The Labute approximate surface area is 90.6 Å². The van der Waals surface area contributed by atoms with Crippen molar-refractivity contribution in [2.75, 3.05) is 0 Å². The van der Waals surface area contributed by atoms with Gasteiger partial charge in [-0.2, -0.15) is 30.7 Å². The maximum absolute atomic E-state index is 12.5. The molecule has 0 aromatic rings. The van der Waals surface area contributed by atoms with E-state index in [-0.39, 0.29) is 0 Å². The molecule has 96 valence electrons. The monoisotopic (exact) mass is 274 g/mol. The lowest BCUT2D eigenvalue weighted by atomic mass is 10.0. The minimum atomic E-state index is -6.33. The molecule has 0 rings (SSSR count). The second kappa shape index (κ2) is 4.77. The van der Waals surface area contributed by atoms with Crippen LogP contribution in [-0.2, 0) is 4.79 Å². The largest absolute Gasteiger partial charge is 0.459 e. The van der Waals surface area contributed by atoms with Gasteiger partial charge >= 0.3 is 18.0 Å². The standard InChI is InChI=1S/C7H6ClF7O/c8-4(16)2-1-3-5(9,10)6(11,12)7(13,14)15/h1-3H2. The summed E-state index contributed by atoms with van der Waals surface area (Å²) < 4.78 is 84.3. The van der Waals surface area contributed by atoms with Crippen LogP contribution in [0.1, 0.15) is 19.3 Å². The fourth-order valence-electron chi connectivity index (χ4n) is 0.814. The highest BCUT2D eigenvalue weighted by Gasteiger charge is 2.72. The minimum Gasteiger partial charge on any atom is -0.281 e. The lowest BCUT2D eigenvalue weighted by Gasteiger charge is -2.27. The van der Waals surface area contributed by atoms with E-state index in [9.17, 15) is 35.5 Å². The van der Waals surface area contributed by atoms with Gasteiger partial charge in [-0.25, -0.2) is 0 Å². The quantitative estimate of drug-likeness (QED) is 0.551. The predicted molar refractivity (Wildman–Crippen MR) is 40.7 cm³/mol. The topological polar surface area (TPSA) is 17.1 Å². The van der Waals surface area contributed by atoms with Crippen LogP contribution in [0.2, 0.25) is 0 Å². The van der Waals surface area contributed by atoms with Crippen LogP contribution in [0, 0.1) is 0 Å². The van der Waals surface area contributed by atoms with Crippen molar-refractivity contribution >= 4 is 16.8 Å². The van der Waals surface area contributed by atoms with Gasteiger partial charge in [0, 0.05) is 12.8 Å². The Morgan fingerprint density at radius 1 is 1.00 bits per heavy atom. The highest BCUT2D eigenvalue weighted by Crippen LogP contribution is 2.48. The molecule has 0 fully saturated rings. The molecule has 0 N–H and O–H groups in total. The summed E-state index contributed by atoms with van der Waals surface area (Å²) in [6, 6.07) is 0. The van der Waals surface area contributed by atoms with Gasteiger partial charge in [-0.15, -0.1) is 0 Å². The van der Waals surface area contributed by atoms with E-state index in [1.165, 1.54) is 0 Å². The zero-order chi connectivity index (χ0) is 13.2. The first-order valence-electron chi connectivity index (χ1n) is 3.92. The van der Waals surface area contributed by atoms with E-state index < -0.39 is 42.5 Å². The second-order valence-electron chi connectivity index (χ2n) is 2.99. The smallest absolute Gasteiger partial charge is 0.281 e. The zero-order valence-electron chi connectivity index (χ0n) is 7.55. The summed E-state index contributed by atoms with van der Waals surface area (Å²) >= 11 is 4.72. The predicted octanol–water partition coefficient (Wildman–Crippen LogP) is 3.76. The summed E-state index contributed by atoms with van der Waals surface area (Å²) in [7, 11) is 0. The van der Waals surface area contributed by atoms with Crippen LogP contribution in [0.25, 0.3) is 0 Å². The second-order valence-corrected chi connectivity index (χ2v) is 3.41.